The van der Waals surface area contributed by atoms with Crippen LogP contribution in [0.15, 0.2) is 18.2 Å². The maximum Gasteiger partial charge on any atom is 0.0511 e. The lowest BCUT2D eigenvalue weighted by Crippen LogP contribution is -2.30. The fourth-order valence-corrected chi connectivity index (χ4v) is 3.00. The van der Waals surface area contributed by atoms with Crippen LogP contribution in [0.5, 0.6) is 0 Å². The topological polar surface area (TPSA) is 24.5 Å². The zero-order chi connectivity index (χ0) is 15.1. The van der Waals surface area contributed by atoms with Gasteiger partial charge in [0, 0.05) is 37.5 Å². The van der Waals surface area contributed by atoms with Gasteiger partial charge in [-0.2, -0.15) is 0 Å². The molecule has 1 N–H and O–H groups in total. The molecule has 2 rings (SSSR count). The molecule has 0 radical (unpaired) electrons. The van der Waals surface area contributed by atoms with Gasteiger partial charge in [-0.25, -0.2) is 0 Å². The van der Waals surface area contributed by atoms with E-state index in [1.807, 2.05) is 0 Å². The quantitative estimate of drug-likeness (QED) is 0.777. The van der Waals surface area contributed by atoms with Crippen molar-refractivity contribution in [2.45, 2.75) is 32.7 Å². The van der Waals surface area contributed by atoms with Crippen molar-refractivity contribution in [2.24, 2.45) is 5.92 Å². The number of halogens is 1. The summed E-state index contributed by atoms with van der Waals surface area (Å²) in [6.45, 7) is 6.88. The van der Waals surface area contributed by atoms with Crippen molar-refractivity contribution in [1.82, 2.24) is 5.32 Å². The summed E-state index contributed by atoms with van der Waals surface area (Å²) in [5.41, 5.74) is 2.35. The molecule has 1 atom stereocenters. The highest BCUT2D eigenvalue weighted by molar-refractivity contribution is 6.31. The summed E-state index contributed by atoms with van der Waals surface area (Å²) in [6.07, 6.45) is 3.58. The average molecular weight is 311 g/mol. The number of hydrogen-bond acceptors (Lipinski definition) is 3. The minimum Gasteiger partial charge on any atom is -0.381 e. The molecular weight excluding hydrogens is 284 g/mol. The fourth-order valence-electron chi connectivity index (χ4n) is 2.76. The van der Waals surface area contributed by atoms with Crippen LogP contribution in [0.2, 0.25) is 5.02 Å². The third kappa shape index (κ3) is 5.17. The molecule has 1 heterocycles. The number of anilines is 1. The Balaban J connectivity index is 1.91. The minimum absolute atomic E-state index is 0.633. The van der Waals surface area contributed by atoms with Gasteiger partial charge in [-0.1, -0.05) is 24.6 Å². The summed E-state index contributed by atoms with van der Waals surface area (Å²) >= 11 is 6.40. The zero-order valence-electron chi connectivity index (χ0n) is 13.2. The van der Waals surface area contributed by atoms with Crippen LogP contribution in [0.25, 0.3) is 0 Å². The normalized spacial score (nSPS) is 18.7. The number of nitrogens with one attached hydrogen (secondary N) is 1. The molecule has 4 heteroatoms. The Morgan fingerprint density at radius 3 is 2.95 bits per heavy atom. The largest absolute Gasteiger partial charge is 0.381 e. The molecule has 0 spiro atoms. The lowest BCUT2D eigenvalue weighted by atomic mass is 10.0. The molecule has 1 unspecified atom stereocenters. The van der Waals surface area contributed by atoms with E-state index in [2.05, 4.69) is 42.4 Å². The summed E-state index contributed by atoms with van der Waals surface area (Å²) in [5, 5.41) is 4.24. The average Bonchev–Trinajstić information content (AvgIpc) is 2.50. The number of rotatable bonds is 7. The van der Waals surface area contributed by atoms with Gasteiger partial charge < -0.3 is 15.0 Å². The van der Waals surface area contributed by atoms with Crippen molar-refractivity contribution < 1.29 is 4.74 Å². The molecule has 1 fully saturated rings. The van der Waals surface area contributed by atoms with E-state index in [0.717, 1.165) is 44.3 Å². The van der Waals surface area contributed by atoms with Crippen LogP contribution in [0.4, 0.5) is 5.69 Å². The molecule has 0 amide bonds. The molecule has 1 aromatic carbocycles. The number of nitrogens with zero attached hydrogens (tertiary/aromatic N) is 1. The first-order valence-electron chi connectivity index (χ1n) is 7.98. The van der Waals surface area contributed by atoms with Gasteiger partial charge in [-0.15, -0.1) is 0 Å². The molecule has 0 saturated carbocycles. The Bertz CT molecular complexity index is 433. The summed E-state index contributed by atoms with van der Waals surface area (Å²) in [4.78, 5) is 2.29. The second kappa shape index (κ2) is 8.62. The second-order valence-corrected chi connectivity index (χ2v) is 6.32. The Morgan fingerprint density at radius 2 is 2.29 bits per heavy atom. The number of ether oxygens (including phenoxy) is 1. The first-order valence-corrected chi connectivity index (χ1v) is 8.36. The number of benzene rings is 1. The van der Waals surface area contributed by atoms with Crippen LogP contribution in [-0.4, -0.2) is 33.4 Å². The van der Waals surface area contributed by atoms with Crippen molar-refractivity contribution in [3.63, 3.8) is 0 Å². The van der Waals surface area contributed by atoms with E-state index in [-0.39, 0.29) is 0 Å². The van der Waals surface area contributed by atoms with Gasteiger partial charge in [0.05, 0.1) is 6.61 Å². The van der Waals surface area contributed by atoms with Crippen molar-refractivity contribution in [3.8, 4) is 0 Å². The predicted molar refractivity (Wildman–Crippen MR) is 90.3 cm³/mol. The van der Waals surface area contributed by atoms with Gasteiger partial charge in [0.2, 0.25) is 0 Å². The maximum atomic E-state index is 6.40. The lowest BCUT2D eigenvalue weighted by molar-refractivity contribution is 0.0576. The van der Waals surface area contributed by atoms with E-state index in [1.54, 1.807) is 0 Å². The third-order valence-corrected chi connectivity index (χ3v) is 4.36. The standard InChI is InChI=1S/C17H27ClN2O/c1-3-8-19-11-15-6-7-16(10-17(15)18)20(2)12-14-5-4-9-21-13-14/h6-7,10,14,19H,3-5,8-9,11-13H2,1-2H3. The lowest BCUT2D eigenvalue weighted by Gasteiger charge is -2.28. The summed E-state index contributed by atoms with van der Waals surface area (Å²) in [6, 6.07) is 6.38. The second-order valence-electron chi connectivity index (χ2n) is 5.92. The Kier molecular flexibility index (Phi) is 6.81. The Morgan fingerprint density at radius 1 is 1.43 bits per heavy atom. The summed E-state index contributed by atoms with van der Waals surface area (Å²) < 4.78 is 5.56. The van der Waals surface area contributed by atoms with E-state index < -0.39 is 0 Å². The highest BCUT2D eigenvalue weighted by atomic mass is 35.5. The molecule has 118 valence electrons. The monoisotopic (exact) mass is 310 g/mol. The van der Waals surface area contributed by atoms with Gasteiger partial charge in [-0.3, -0.25) is 0 Å². The SMILES string of the molecule is CCCNCc1ccc(N(C)CC2CCCOC2)cc1Cl. The van der Waals surface area contributed by atoms with E-state index in [9.17, 15) is 0 Å². The fraction of sp³-hybridized carbons (Fsp3) is 0.647. The molecular formula is C17H27ClN2O. The summed E-state index contributed by atoms with van der Waals surface area (Å²) in [7, 11) is 2.13. The first kappa shape index (κ1) is 16.6. The van der Waals surface area contributed by atoms with E-state index in [4.69, 9.17) is 16.3 Å². The summed E-state index contributed by atoms with van der Waals surface area (Å²) in [5.74, 6) is 0.633. The molecule has 0 bridgehead atoms. The van der Waals surface area contributed by atoms with Crippen LogP contribution < -0.4 is 10.2 Å². The van der Waals surface area contributed by atoms with Gasteiger partial charge in [0.1, 0.15) is 0 Å². The highest BCUT2D eigenvalue weighted by Gasteiger charge is 2.16. The van der Waals surface area contributed by atoms with Crippen molar-refractivity contribution in [3.05, 3.63) is 28.8 Å². The molecule has 0 aliphatic carbocycles. The Labute approximate surface area is 133 Å². The van der Waals surface area contributed by atoms with Gasteiger partial charge in [0.15, 0.2) is 0 Å². The minimum atomic E-state index is 0.633. The Hall–Kier alpha value is -0.770. The maximum absolute atomic E-state index is 6.40. The van der Waals surface area contributed by atoms with Gasteiger partial charge in [0.25, 0.3) is 0 Å². The van der Waals surface area contributed by atoms with Crippen molar-refractivity contribution in [1.29, 1.82) is 0 Å². The molecule has 1 saturated heterocycles. The molecule has 3 nitrogen and oxygen atoms in total. The first-order chi connectivity index (χ1) is 10.2. The molecule has 0 aromatic heterocycles. The molecule has 21 heavy (non-hydrogen) atoms. The van der Waals surface area contributed by atoms with Gasteiger partial charge in [-0.05, 0) is 49.4 Å². The van der Waals surface area contributed by atoms with Crippen LogP contribution in [0, 0.1) is 5.92 Å². The zero-order valence-corrected chi connectivity index (χ0v) is 14.0. The van der Waals surface area contributed by atoms with E-state index in [1.165, 1.54) is 24.1 Å². The predicted octanol–water partition coefficient (Wildman–Crippen LogP) is 3.70. The van der Waals surface area contributed by atoms with Crippen LogP contribution >= 0.6 is 11.6 Å². The van der Waals surface area contributed by atoms with E-state index >= 15 is 0 Å². The third-order valence-electron chi connectivity index (χ3n) is 4.01. The van der Waals surface area contributed by atoms with E-state index in [0.29, 0.717) is 5.92 Å². The van der Waals surface area contributed by atoms with Gasteiger partial charge >= 0.3 is 0 Å². The van der Waals surface area contributed by atoms with Crippen molar-refractivity contribution >= 4 is 17.3 Å². The van der Waals surface area contributed by atoms with Crippen LogP contribution in [-0.2, 0) is 11.3 Å². The van der Waals surface area contributed by atoms with Crippen LogP contribution in [0.3, 0.4) is 0 Å². The molecule has 1 aliphatic heterocycles. The number of hydrogen-bond donors (Lipinski definition) is 1. The molecule has 1 aromatic rings. The van der Waals surface area contributed by atoms with Crippen molar-refractivity contribution in [2.75, 3.05) is 38.3 Å². The van der Waals surface area contributed by atoms with Crippen LogP contribution in [0.1, 0.15) is 31.7 Å². The highest BCUT2D eigenvalue weighted by Crippen LogP contribution is 2.25. The molecule has 1 aliphatic rings. The smallest absolute Gasteiger partial charge is 0.0511 e.